The van der Waals surface area contributed by atoms with Crippen molar-refractivity contribution < 1.29 is 24.6 Å². The zero-order valence-corrected chi connectivity index (χ0v) is 17.9. The number of carboxylic acid groups (broad SMARTS) is 2. The zero-order valence-electron chi connectivity index (χ0n) is 17.9. The molecule has 170 valence electrons. The summed E-state index contributed by atoms with van der Waals surface area (Å²) in [6, 6.07) is 0.278. The monoisotopic (exact) mass is 423 g/mol. The molecule has 3 rings (SSSR count). The minimum absolute atomic E-state index is 0.00273. The summed E-state index contributed by atoms with van der Waals surface area (Å²) in [5.74, 6) is -1.45. The number of hydrogen-bond acceptors (Lipinski definition) is 4. The lowest BCUT2D eigenvalue weighted by atomic mass is 9.81. The Bertz CT molecular complexity index is 600. The second-order valence-electron chi connectivity index (χ2n) is 9.38. The largest absolute Gasteiger partial charge is 0.481 e. The summed E-state index contributed by atoms with van der Waals surface area (Å²) in [5.41, 5.74) is 0. The van der Waals surface area contributed by atoms with Crippen LogP contribution in [0.4, 0.5) is 4.79 Å². The second kappa shape index (κ2) is 11.0. The van der Waals surface area contributed by atoms with Gasteiger partial charge in [-0.2, -0.15) is 0 Å². The molecule has 3 aliphatic rings. The highest BCUT2D eigenvalue weighted by atomic mass is 16.4. The van der Waals surface area contributed by atoms with Crippen LogP contribution in [0.25, 0.3) is 0 Å². The number of carbonyl (C=O) groups excluding carboxylic acids is 1. The molecule has 0 radical (unpaired) electrons. The van der Waals surface area contributed by atoms with Gasteiger partial charge >= 0.3 is 18.0 Å². The topological polar surface area (TPSA) is 110 Å². The third-order valence-corrected chi connectivity index (χ3v) is 7.30. The molecule has 3 N–H and O–H groups in total. The van der Waals surface area contributed by atoms with Crippen LogP contribution in [0.2, 0.25) is 0 Å². The molecule has 2 heterocycles. The molecule has 0 unspecified atom stereocenters. The minimum Gasteiger partial charge on any atom is -0.481 e. The number of urea groups is 1. The van der Waals surface area contributed by atoms with E-state index in [0.29, 0.717) is 25.9 Å². The van der Waals surface area contributed by atoms with Gasteiger partial charge in [0.1, 0.15) is 0 Å². The number of likely N-dealkylation sites (tertiary alicyclic amines) is 2. The standard InChI is InChI=1S/C22H37N3O5/c26-20(27)14-17-9-13-25(22(30)23-19-4-2-1-3-5-19)15-18(17)8-12-24-10-6-16(7-11-24)21(28)29/h16-19H,1-15H2,(H,23,30)(H,26,27)(H,28,29)/t17-,18-/m0/s1. The van der Waals surface area contributed by atoms with Crippen LogP contribution in [0, 0.1) is 17.8 Å². The Morgan fingerprint density at radius 3 is 2.20 bits per heavy atom. The first-order valence-electron chi connectivity index (χ1n) is 11.6. The van der Waals surface area contributed by atoms with Crippen LogP contribution in [-0.2, 0) is 9.59 Å². The van der Waals surface area contributed by atoms with E-state index in [9.17, 15) is 19.5 Å². The Balaban J connectivity index is 1.51. The van der Waals surface area contributed by atoms with Gasteiger partial charge in [-0.05, 0) is 70.0 Å². The van der Waals surface area contributed by atoms with E-state index in [0.717, 1.165) is 45.3 Å². The van der Waals surface area contributed by atoms with Crippen molar-refractivity contribution in [1.29, 1.82) is 0 Å². The van der Waals surface area contributed by atoms with Crippen LogP contribution in [0.3, 0.4) is 0 Å². The molecular formula is C22H37N3O5. The number of hydrogen-bond donors (Lipinski definition) is 3. The molecule has 8 heteroatoms. The van der Waals surface area contributed by atoms with Gasteiger partial charge in [0.05, 0.1) is 5.92 Å². The lowest BCUT2D eigenvalue weighted by molar-refractivity contribution is -0.143. The van der Waals surface area contributed by atoms with Crippen molar-refractivity contribution in [1.82, 2.24) is 15.1 Å². The number of piperidine rings is 2. The number of amides is 2. The molecule has 0 spiro atoms. The van der Waals surface area contributed by atoms with E-state index in [1.807, 2.05) is 4.90 Å². The Labute approximate surface area is 179 Å². The fourth-order valence-corrected chi connectivity index (χ4v) is 5.35. The van der Waals surface area contributed by atoms with Gasteiger partial charge in [0, 0.05) is 25.6 Å². The van der Waals surface area contributed by atoms with Crippen molar-refractivity contribution in [2.45, 2.75) is 70.3 Å². The molecule has 3 fully saturated rings. The first-order chi connectivity index (χ1) is 14.4. The Morgan fingerprint density at radius 1 is 0.867 bits per heavy atom. The normalized spacial score (nSPS) is 27.0. The predicted molar refractivity (Wildman–Crippen MR) is 112 cm³/mol. The van der Waals surface area contributed by atoms with Gasteiger partial charge in [-0.1, -0.05) is 19.3 Å². The summed E-state index contributed by atoms with van der Waals surface area (Å²) in [6.07, 6.45) is 8.79. The molecule has 2 aliphatic heterocycles. The maximum absolute atomic E-state index is 12.8. The summed E-state index contributed by atoms with van der Waals surface area (Å²) >= 11 is 0. The molecule has 30 heavy (non-hydrogen) atoms. The van der Waals surface area contributed by atoms with Gasteiger partial charge in [-0.25, -0.2) is 4.79 Å². The van der Waals surface area contributed by atoms with Gasteiger partial charge in [-0.3, -0.25) is 9.59 Å². The van der Waals surface area contributed by atoms with E-state index in [1.54, 1.807) is 0 Å². The first kappa shape index (κ1) is 22.8. The summed E-state index contributed by atoms with van der Waals surface area (Å²) in [5, 5.41) is 21.7. The van der Waals surface area contributed by atoms with Crippen molar-refractivity contribution in [2.24, 2.45) is 17.8 Å². The molecule has 0 aromatic heterocycles. The second-order valence-corrected chi connectivity index (χ2v) is 9.38. The Hall–Kier alpha value is -1.83. The molecule has 2 amide bonds. The van der Waals surface area contributed by atoms with Crippen LogP contribution >= 0.6 is 0 Å². The van der Waals surface area contributed by atoms with Gasteiger partial charge in [0.15, 0.2) is 0 Å². The third kappa shape index (κ3) is 6.59. The summed E-state index contributed by atoms with van der Waals surface area (Å²) in [6.45, 7) is 3.63. The molecule has 0 aromatic carbocycles. The van der Waals surface area contributed by atoms with Crippen molar-refractivity contribution in [2.75, 3.05) is 32.7 Å². The number of aliphatic carboxylic acids is 2. The maximum atomic E-state index is 12.8. The number of nitrogens with one attached hydrogen (secondary N) is 1. The van der Waals surface area contributed by atoms with Crippen molar-refractivity contribution in [3.63, 3.8) is 0 Å². The van der Waals surface area contributed by atoms with E-state index in [1.165, 1.54) is 19.3 Å². The fourth-order valence-electron chi connectivity index (χ4n) is 5.35. The Kier molecular flexibility index (Phi) is 8.36. The number of carbonyl (C=O) groups is 3. The minimum atomic E-state index is -0.771. The van der Waals surface area contributed by atoms with Crippen LogP contribution in [0.1, 0.15) is 64.2 Å². The van der Waals surface area contributed by atoms with Crippen molar-refractivity contribution >= 4 is 18.0 Å². The summed E-state index contributed by atoms with van der Waals surface area (Å²) in [4.78, 5) is 39.4. The average Bonchev–Trinajstić information content (AvgIpc) is 2.73. The molecule has 0 bridgehead atoms. The van der Waals surface area contributed by atoms with Crippen LogP contribution in [0.15, 0.2) is 0 Å². The number of rotatable bonds is 7. The quantitative estimate of drug-likeness (QED) is 0.581. The maximum Gasteiger partial charge on any atom is 0.317 e. The van der Waals surface area contributed by atoms with Crippen LogP contribution < -0.4 is 5.32 Å². The molecule has 2 saturated heterocycles. The molecule has 1 saturated carbocycles. The lowest BCUT2D eigenvalue weighted by Crippen LogP contribution is -2.51. The first-order valence-corrected chi connectivity index (χ1v) is 11.6. The fraction of sp³-hybridized carbons (Fsp3) is 0.864. The van der Waals surface area contributed by atoms with E-state index in [-0.39, 0.29) is 36.2 Å². The van der Waals surface area contributed by atoms with Gasteiger partial charge in [0.2, 0.25) is 0 Å². The summed E-state index contributed by atoms with van der Waals surface area (Å²) in [7, 11) is 0. The number of nitrogens with zero attached hydrogens (tertiary/aromatic N) is 2. The van der Waals surface area contributed by atoms with Crippen molar-refractivity contribution in [3.05, 3.63) is 0 Å². The smallest absolute Gasteiger partial charge is 0.317 e. The van der Waals surface area contributed by atoms with Crippen LogP contribution in [0.5, 0.6) is 0 Å². The number of carboxylic acids is 2. The van der Waals surface area contributed by atoms with E-state index in [4.69, 9.17) is 5.11 Å². The van der Waals surface area contributed by atoms with Gasteiger partial charge in [0.25, 0.3) is 0 Å². The highest BCUT2D eigenvalue weighted by Crippen LogP contribution is 2.30. The average molecular weight is 424 g/mol. The molecule has 0 aromatic rings. The highest BCUT2D eigenvalue weighted by molar-refractivity contribution is 5.74. The lowest BCUT2D eigenvalue weighted by Gasteiger charge is -2.40. The molecule has 1 aliphatic carbocycles. The highest BCUT2D eigenvalue weighted by Gasteiger charge is 2.34. The summed E-state index contributed by atoms with van der Waals surface area (Å²) < 4.78 is 0. The molecular weight excluding hydrogens is 386 g/mol. The van der Waals surface area contributed by atoms with E-state index in [2.05, 4.69) is 10.2 Å². The van der Waals surface area contributed by atoms with Gasteiger partial charge < -0.3 is 25.3 Å². The zero-order chi connectivity index (χ0) is 21.5. The Morgan fingerprint density at radius 2 is 1.57 bits per heavy atom. The van der Waals surface area contributed by atoms with E-state index >= 15 is 0 Å². The van der Waals surface area contributed by atoms with Crippen LogP contribution in [-0.4, -0.2) is 76.7 Å². The SMILES string of the molecule is O=C(O)C[C@@H]1CCN(C(=O)NC2CCCCC2)C[C@@H]1CCN1CCC(C(=O)O)CC1. The third-order valence-electron chi connectivity index (χ3n) is 7.30. The molecule has 8 nitrogen and oxygen atoms in total. The van der Waals surface area contributed by atoms with Crippen molar-refractivity contribution in [3.8, 4) is 0 Å². The van der Waals surface area contributed by atoms with E-state index < -0.39 is 11.9 Å². The van der Waals surface area contributed by atoms with Gasteiger partial charge in [-0.15, -0.1) is 0 Å². The predicted octanol–water partition coefficient (Wildman–Crippen LogP) is 2.63. The molecule has 2 atom stereocenters.